The number of carbonyl (C=O) groups is 2. The number of amides is 1. The topological polar surface area (TPSA) is 121 Å². The van der Waals surface area contributed by atoms with E-state index in [1.54, 1.807) is 0 Å². The van der Waals surface area contributed by atoms with Gasteiger partial charge in [0.05, 0.1) is 16.0 Å². The number of aliphatic carboxylic acids is 1. The number of halogens is 1. The standard InChI is InChI=1S/C12H11ClN2O6/c13-7-2-1-3-8(15(20)21)10(7)11(17)14-5-6(16)4-9(14)12(18)19/h1-3,6,9,16H,4-5H2,(H,18,19)/t6-,9+/m1/s1. The summed E-state index contributed by atoms with van der Waals surface area (Å²) in [4.78, 5) is 34.7. The van der Waals surface area contributed by atoms with Gasteiger partial charge in [0.2, 0.25) is 0 Å². The minimum Gasteiger partial charge on any atom is -0.480 e. The number of aliphatic hydroxyl groups is 1. The monoisotopic (exact) mass is 314 g/mol. The van der Waals surface area contributed by atoms with E-state index in [1.807, 2.05) is 0 Å². The Hall–Kier alpha value is -2.19. The summed E-state index contributed by atoms with van der Waals surface area (Å²) in [6.07, 6.45) is -1.11. The van der Waals surface area contributed by atoms with E-state index in [9.17, 15) is 24.8 Å². The molecule has 0 radical (unpaired) electrons. The number of benzene rings is 1. The maximum Gasteiger partial charge on any atom is 0.326 e. The van der Waals surface area contributed by atoms with E-state index in [0.29, 0.717) is 0 Å². The van der Waals surface area contributed by atoms with E-state index in [1.165, 1.54) is 12.1 Å². The normalized spacial score (nSPS) is 21.3. The molecule has 9 heteroatoms. The highest BCUT2D eigenvalue weighted by Gasteiger charge is 2.41. The zero-order chi connectivity index (χ0) is 15.7. The van der Waals surface area contributed by atoms with Crippen LogP contribution >= 0.6 is 11.6 Å². The number of nitrogens with zero attached hydrogens (tertiary/aromatic N) is 2. The third-order valence-corrected chi connectivity index (χ3v) is 3.54. The van der Waals surface area contributed by atoms with Crippen molar-refractivity contribution in [1.82, 2.24) is 4.90 Å². The number of carboxylic acids is 1. The molecule has 1 fully saturated rings. The van der Waals surface area contributed by atoms with Gasteiger partial charge in [-0.3, -0.25) is 14.9 Å². The van der Waals surface area contributed by atoms with E-state index < -0.39 is 34.6 Å². The first-order valence-corrected chi connectivity index (χ1v) is 6.35. The molecular formula is C12H11ClN2O6. The van der Waals surface area contributed by atoms with Crippen molar-refractivity contribution < 1.29 is 24.7 Å². The number of nitro groups is 1. The third kappa shape index (κ3) is 2.81. The summed E-state index contributed by atoms with van der Waals surface area (Å²) in [6, 6.07) is 2.51. The predicted octanol–water partition coefficient (Wildman–Crippen LogP) is 0.908. The van der Waals surface area contributed by atoms with Crippen molar-refractivity contribution in [3.8, 4) is 0 Å². The molecule has 2 atom stereocenters. The molecular weight excluding hydrogens is 304 g/mol. The Labute approximate surface area is 123 Å². The average molecular weight is 315 g/mol. The number of carbonyl (C=O) groups excluding carboxylic acids is 1. The van der Waals surface area contributed by atoms with Crippen LogP contribution in [-0.2, 0) is 4.79 Å². The van der Waals surface area contributed by atoms with Crippen LogP contribution in [-0.4, -0.2) is 50.6 Å². The van der Waals surface area contributed by atoms with Crippen LogP contribution < -0.4 is 0 Å². The number of rotatable bonds is 3. The summed E-state index contributed by atoms with van der Waals surface area (Å²) in [7, 11) is 0. The third-order valence-electron chi connectivity index (χ3n) is 3.23. The number of nitro benzene ring substituents is 1. The van der Waals surface area contributed by atoms with Gasteiger partial charge in [-0.1, -0.05) is 17.7 Å². The second-order valence-corrected chi connectivity index (χ2v) is 5.00. The zero-order valence-corrected chi connectivity index (χ0v) is 11.4. The summed E-state index contributed by atoms with van der Waals surface area (Å²) < 4.78 is 0. The lowest BCUT2D eigenvalue weighted by Crippen LogP contribution is -2.40. The Morgan fingerprint density at radius 3 is 2.67 bits per heavy atom. The molecule has 1 aromatic rings. The van der Waals surface area contributed by atoms with Gasteiger partial charge in [0.15, 0.2) is 0 Å². The Bertz CT molecular complexity index is 620. The van der Waals surface area contributed by atoms with Gasteiger partial charge in [-0.2, -0.15) is 0 Å². The summed E-state index contributed by atoms with van der Waals surface area (Å²) in [5.41, 5.74) is -0.873. The van der Waals surface area contributed by atoms with Crippen molar-refractivity contribution in [1.29, 1.82) is 0 Å². The molecule has 1 saturated heterocycles. The van der Waals surface area contributed by atoms with E-state index in [0.717, 1.165) is 11.0 Å². The Balaban J connectivity index is 2.45. The molecule has 0 aliphatic carbocycles. The van der Waals surface area contributed by atoms with Crippen molar-refractivity contribution in [2.24, 2.45) is 0 Å². The molecule has 0 saturated carbocycles. The molecule has 2 rings (SSSR count). The van der Waals surface area contributed by atoms with Gasteiger partial charge in [0, 0.05) is 19.0 Å². The Kier molecular flexibility index (Phi) is 4.10. The second kappa shape index (κ2) is 5.66. The minimum absolute atomic E-state index is 0.126. The quantitative estimate of drug-likeness (QED) is 0.631. The van der Waals surface area contributed by atoms with Crippen molar-refractivity contribution in [2.45, 2.75) is 18.6 Å². The molecule has 0 aromatic heterocycles. The lowest BCUT2D eigenvalue weighted by Gasteiger charge is -2.21. The van der Waals surface area contributed by atoms with Gasteiger partial charge in [0.25, 0.3) is 11.6 Å². The van der Waals surface area contributed by atoms with Crippen LogP contribution in [0.2, 0.25) is 5.02 Å². The molecule has 1 amide bonds. The summed E-state index contributed by atoms with van der Waals surface area (Å²) >= 11 is 5.85. The highest BCUT2D eigenvalue weighted by atomic mass is 35.5. The van der Waals surface area contributed by atoms with Crippen molar-refractivity contribution in [3.63, 3.8) is 0 Å². The largest absolute Gasteiger partial charge is 0.480 e. The van der Waals surface area contributed by atoms with Crippen LogP contribution in [0, 0.1) is 10.1 Å². The first kappa shape index (κ1) is 15.2. The van der Waals surface area contributed by atoms with Gasteiger partial charge >= 0.3 is 5.97 Å². The zero-order valence-electron chi connectivity index (χ0n) is 10.6. The predicted molar refractivity (Wildman–Crippen MR) is 71.2 cm³/mol. The van der Waals surface area contributed by atoms with Gasteiger partial charge < -0.3 is 15.1 Å². The van der Waals surface area contributed by atoms with E-state index in [2.05, 4.69) is 0 Å². The number of carboxylic acid groups (broad SMARTS) is 1. The van der Waals surface area contributed by atoms with Crippen molar-refractivity contribution in [3.05, 3.63) is 38.9 Å². The van der Waals surface area contributed by atoms with Gasteiger partial charge in [-0.05, 0) is 6.07 Å². The van der Waals surface area contributed by atoms with Gasteiger partial charge in [0.1, 0.15) is 11.6 Å². The number of aliphatic hydroxyl groups excluding tert-OH is 1. The van der Waals surface area contributed by atoms with Gasteiger partial charge in [-0.15, -0.1) is 0 Å². The SMILES string of the molecule is O=C(O)[C@@H]1C[C@@H](O)CN1C(=O)c1c(Cl)cccc1[N+](=O)[O-]. The average Bonchev–Trinajstić information content (AvgIpc) is 2.80. The fourth-order valence-corrected chi connectivity index (χ4v) is 2.54. The molecule has 1 aromatic carbocycles. The van der Waals surface area contributed by atoms with Crippen molar-refractivity contribution >= 4 is 29.2 Å². The number of likely N-dealkylation sites (tertiary alicyclic amines) is 1. The van der Waals surface area contributed by atoms with Crippen LogP contribution in [0.5, 0.6) is 0 Å². The van der Waals surface area contributed by atoms with Crippen LogP contribution in [0.3, 0.4) is 0 Å². The van der Waals surface area contributed by atoms with Crippen LogP contribution in [0.15, 0.2) is 18.2 Å². The Morgan fingerprint density at radius 2 is 2.10 bits per heavy atom. The van der Waals surface area contributed by atoms with E-state index in [-0.39, 0.29) is 23.6 Å². The Morgan fingerprint density at radius 1 is 1.43 bits per heavy atom. The molecule has 112 valence electrons. The van der Waals surface area contributed by atoms with E-state index in [4.69, 9.17) is 16.7 Å². The minimum atomic E-state index is -1.28. The molecule has 0 spiro atoms. The van der Waals surface area contributed by atoms with Crippen LogP contribution in [0.25, 0.3) is 0 Å². The van der Waals surface area contributed by atoms with Crippen LogP contribution in [0.1, 0.15) is 16.8 Å². The molecule has 8 nitrogen and oxygen atoms in total. The van der Waals surface area contributed by atoms with Crippen LogP contribution in [0.4, 0.5) is 5.69 Å². The molecule has 1 aliphatic rings. The summed E-state index contributed by atoms with van der Waals surface area (Å²) in [5.74, 6) is -2.16. The molecule has 2 N–H and O–H groups in total. The first-order valence-electron chi connectivity index (χ1n) is 5.97. The maximum absolute atomic E-state index is 12.4. The summed E-state index contributed by atoms with van der Waals surface area (Å²) in [6.45, 7) is -0.210. The highest BCUT2D eigenvalue weighted by molar-refractivity contribution is 6.34. The highest BCUT2D eigenvalue weighted by Crippen LogP contribution is 2.30. The van der Waals surface area contributed by atoms with Crippen molar-refractivity contribution in [2.75, 3.05) is 6.54 Å². The molecule has 21 heavy (non-hydrogen) atoms. The summed E-state index contributed by atoms with van der Waals surface area (Å²) in [5, 5.41) is 29.5. The lowest BCUT2D eigenvalue weighted by atomic mass is 10.1. The van der Waals surface area contributed by atoms with E-state index >= 15 is 0 Å². The molecule has 0 bridgehead atoms. The fraction of sp³-hybridized carbons (Fsp3) is 0.333. The first-order chi connectivity index (χ1) is 9.82. The second-order valence-electron chi connectivity index (χ2n) is 4.59. The molecule has 0 unspecified atom stereocenters. The number of β-amino-alcohol motifs (C(OH)–C–C–N with tert-alkyl or cyclic N) is 1. The molecule has 1 heterocycles. The number of hydrogen-bond acceptors (Lipinski definition) is 5. The maximum atomic E-state index is 12.4. The van der Waals surface area contributed by atoms with Gasteiger partial charge in [-0.25, -0.2) is 4.79 Å². The molecule has 1 aliphatic heterocycles. The smallest absolute Gasteiger partial charge is 0.326 e. The number of hydrogen-bond donors (Lipinski definition) is 2. The lowest BCUT2D eigenvalue weighted by molar-refractivity contribution is -0.385. The fourth-order valence-electron chi connectivity index (χ4n) is 2.29.